The van der Waals surface area contributed by atoms with Gasteiger partial charge in [-0.25, -0.2) is 0 Å². The summed E-state index contributed by atoms with van der Waals surface area (Å²) in [5.41, 5.74) is 0. The molecule has 0 atom stereocenters. The van der Waals surface area contributed by atoms with Crippen molar-refractivity contribution in [3.05, 3.63) is 0 Å². The number of carboxylic acids is 2. The van der Waals surface area contributed by atoms with Gasteiger partial charge in [0, 0.05) is 0 Å². The topological polar surface area (TPSA) is 91.7 Å². The zero-order chi connectivity index (χ0) is 9.56. The zero-order valence-corrected chi connectivity index (χ0v) is 9.30. The SMILES string of the molecule is O=C(O)C[CH2][Sn](=[O])[CH2]CC(=O)O. The first kappa shape index (κ1) is 11.5. The Labute approximate surface area is 76.5 Å². The average Bonchev–Trinajstić information content (AvgIpc) is 1.96. The van der Waals surface area contributed by atoms with E-state index in [9.17, 15) is 12.7 Å². The molecule has 0 aromatic heterocycles. The fourth-order valence-corrected chi connectivity index (χ4v) is 4.14. The molecule has 0 rings (SSSR count). The standard InChI is InChI=1S/2C3H5O2.O.Sn/c2*1-2-3(4)5;;/h2*1-2H2,(H,4,5);;. The van der Waals surface area contributed by atoms with Crippen LogP contribution in [0.5, 0.6) is 0 Å². The molecule has 0 radical (unpaired) electrons. The number of aliphatic carboxylic acids is 2. The number of rotatable bonds is 6. The van der Waals surface area contributed by atoms with Gasteiger partial charge in [-0.15, -0.1) is 0 Å². The Bertz CT molecular complexity index is 180. The van der Waals surface area contributed by atoms with E-state index in [-0.39, 0.29) is 21.7 Å². The first-order valence-corrected chi connectivity index (χ1v) is 8.68. The fraction of sp³-hybridized carbons (Fsp3) is 0.667. The number of hydrogen-bond acceptors (Lipinski definition) is 3. The van der Waals surface area contributed by atoms with Crippen molar-refractivity contribution in [2.24, 2.45) is 0 Å². The van der Waals surface area contributed by atoms with E-state index in [0.717, 1.165) is 0 Å². The Kier molecular flexibility index (Phi) is 5.86. The van der Waals surface area contributed by atoms with Gasteiger partial charge in [-0.2, -0.15) is 0 Å². The molecule has 0 saturated heterocycles. The van der Waals surface area contributed by atoms with Crippen LogP contribution < -0.4 is 0 Å². The molecule has 0 heterocycles. The van der Waals surface area contributed by atoms with Crippen LogP contribution in [-0.2, 0) is 12.7 Å². The van der Waals surface area contributed by atoms with Crippen molar-refractivity contribution in [2.45, 2.75) is 21.7 Å². The van der Waals surface area contributed by atoms with Crippen molar-refractivity contribution in [1.29, 1.82) is 0 Å². The average molecular weight is 281 g/mol. The first-order valence-electron chi connectivity index (χ1n) is 3.47. The Morgan fingerprint density at radius 1 is 1.00 bits per heavy atom. The molecule has 0 aromatic carbocycles. The van der Waals surface area contributed by atoms with Gasteiger partial charge in [0.25, 0.3) is 0 Å². The van der Waals surface area contributed by atoms with Gasteiger partial charge in [-0.05, 0) is 0 Å². The maximum atomic E-state index is 11.0. The van der Waals surface area contributed by atoms with Gasteiger partial charge in [-0.3, -0.25) is 0 Å². The van der Waals surface area contributed by atoms with Crippen LogP contribution in [0.15, 0.2) is 0 Å². The van der Waals surface area contributed by atoms with Crippen molar-refractivity contribution >= 4 is 31.7 Å². The number of carbonyl (C=O) groups is 2. The van der Waals surface area contributed by atoms with Gasteiger partial charge in [0.15, 0.2) is 0 Å². The summed E-state index contributed by atoms with van der Waals surface area (Å²) in [6, 6.07) is 0. The molecule has 0 aliphatic rings. The molecule has 0 aliphatic carbocycles. The van der Waals surface area contributed by atoms with E-state index in [0.29, 0.717) is 0 Å². The summed E-state index contributed by atoms with van der Waals surface area (Å²) >= 11 is -2.85. The van der Waals surface area contributed by atoms with Crippen molar-refractivity contribution in [3.63, 3.8) is 0 Å². The van der Waals surface area contributed by atoms with Crippen molar-refractivity contribution < 1.29 is 22.9 Å². The van der Waals surface area contributed by atoms with Gasteiger partial charge in [0.05, 0.1) is 0 Å². The van der Waals surface area contributed by atoms with E-state index >= 15 is 0 Å². The molecule has 0 unspecified atom stereocenters. The minimum absolute atomic E-state index is 0.0993. The first-order chi connectivity index (χ1) is 5.52. The minimum atomic E-state index is -2.85. The third-order valence-electron chi connectivity index (χ3n) is 1.24. The van der Waals surface area contributed by atoms with Crippen LogP contribution in [0, 0.1) is 0 Å². The Morgan fingerprint density at radius 2 is 1.33 bits per heavy atom. The van der Waals surface area contributed by atoms with E-state index in [1.165, 1.54) is 0 Å². The second-order valence-corrected chi connectivity index (χ2v) is 8.26. The van der Waals surface area contributed by atoms with Gasteiger partial charge in [0.1, 0.15) is 0 Å². The second-order valence-electron chi connectivity index (χ2n) is 2.33. The molecule has 5 nitrogen and oxygen atoms in total. The Hall–Kier alpha value is -0.461. The van der Waals surface area contributed by atoms with Crippen LogP contribution in [-0.4, -0.2) is 41.9 Å². The molecule has 0 spiro atoms. The molecule has 68 valence electrons. The van der Waals surface area contributed by atoms with Gasteiger partial charge in [-0.1, -0.05) is 0 Å². The van der Waals surface area contributed by atoms with Crippen LogP contribution in [0.1, 0.15) is 12.8 Å². The van der Waals surface area contributed by atoms with Crippen LogP contribution in [0.2, 0.25) is 8.87 Å². The summed E-state index contributed by atoms with van der Waals surface area (Å²) in [6.45, 7) is 0. The molecule has 0 bridgehead atoms. The Balaban J connectivity index is 3.47. The molecule has 12 heavy (non-hydrogen) atoms. The van der Waals surface area contributed by atoms with Crippen LogP contribution in [0.25, 0.3) is 0 Å². The fourth-order valence-electron chi connectivity index (χ4n) is 0.618. The van der Waals surface area contributed by atoms with Gasteiger partial charge >= 0.3 is 76.3 Å². The monoisotopic (exact) mass is 282 g/mol. The second kappa shape index (κ2) is 6.10. The molecular weight excluding hydrogens is 271 g/mol. The predicted molar refractivity (Wildman–Crippen MR) is 40.6 cm³/mol. The maximum absolute atomic E-state index is 11.0. The Morgan fingerprint density at radius 3 is 1.58 bits per heavy atom. The molecule has 0 aromatic rings. The number of carboxylic acid groups (broad SMARTS) is 2. The van der Waals surface area contributed by atoms with E-state index in [4.69, 9.17) is 10.2 Å². The molecule has 0 saturated carbocycles. The van der Waals surface area contributed by atoms with E-state index in [1.54, 1.807) is 0 Å². The van der Waals surface area contributed by atoms with Crippen molar-refractivity contribution in [3.8, 4) is 0 Å². The molecule has 0 fully saturated rings. The molecule has 0 amide bonds. The van der Waals surface area contributed by atoms with Crippen LogP contribution >= 0.6 is 0 Å². The molecule has 0 aliphatic heterocycles. The summed E-state index contributed by atoms with van der Waals surface area (Å²) in [5, 5.41) is 16.4. The third-order valence-corrected chi connectivity index (χ3v) is 5.85. The summed E-state index contributed by atoms with van der Waals surface area (Å²) in [5.74, 6) is -1.95. The number of hydrogen-bond donors (Lipinski definition) is 2. The summed E-state index contributed by atoms with van der Waals surface area (Å²) < 4.78 is 11.4. The van der Waals surface area contributed by atoms with E-state index < -0.39 is 31.7 Å². The van der Waals surface area contributed by atoms with Crippen LogP contribution in [0.4, 0.5) is 0 Å². The summed E-state index contributed by atoms with van der Waals surface area (Å²) in [4.78, 5) is 20.0. The molecule has 6 heteroatoms. The zero-order valence-electron chi connectivity index (χ0n) is 6.45. The van der Waals surface area contributed by atoms with E-state index in [1.807, 2.05) is 0 Å². The molecular formula is C6H10O5Sn. The summed E-state index contributed by atoms with van der Waals surface area (Å²) in [6.07, 6.45) is -0.199. The summed E-state index contributed by atoms with van der Waals surface area (Å²) in [7, 11) is 0. The van der Waals surface area contributed by atoms with Crippen molar-refractivity contribution in [2.75, 3.05) is 0 Å². The van der Waals surface area contributed by atoms with Gasteiger partial charge < -0.3 is 0 Å². The predicted octanol–water partition coefficient (Wildman–Crippen LogP) is 0.358. The molecule has 2 N–H and O–H groups in total. The van der Waals surface area contributed by atoms with Gasteiger partial charge in [0.2, 0.25) is 0 Å². The van der Waals surface area contributed by atoms with E-state index in [2.05, 4.69) is 0 Å². The van der Waals surface area contributed by atoms with Crippen LogP contribution in [0.3, 0.4) is 0 Å². The normalized spacial score (nSPS) is 9.33. The third kappa shape index (κ3) is 7.64. The van der Waals surface area contributed by atoms with Crippen molar-refractivity contribution in [1.82, 2.24) is 0 Å². The quantitative estimate of drug-likeness (QED) is 0.686.